The molecule has 4 heterocycles. The first-order valence-electron chi connectivity index (χ1n) is 7.20. The van der Waals surface area contributed by atoms with Crippen LogP contribution < -0.4 is 5.73 Å². The summed E-state index contributed by atoms with van der Waals surface area (Å²) in [7, 11) is 0. The number of fused-ring (bicyclic) bond motifs is 1. The van der Waals surface area contributed by atoms with Gasteiger partial charge in [-0.15, -0.1) is 0 Å². The van der Waals surface area contributed by atoms with Gasteiger partial charge in [-0.2, -0.15) is 9.97 Å². The second kappa shape index (κ2) is 3.93. The maximum atomic E-state index is 10.1. The lowest BCUT2D eigenvalue weighted by Crippen LogP contribution is -2.34. The van der Waals surface area contributed by atoms with E-state index in [1.165, 1.54) is 0 Å². The van der Waals surface area contributed by atoms with Crippen LogP contribution in [0.4, 0.5) is 5.82 Å². The number of anilines is 1. The van der Waals surface area contributed by atoms with Crippen LogP contribution in [0.2, 0.25) is 5.28 Å². The molecule has 2 aliphatic heterocycles. The molecule has 2 saturated heterocycles. The van der Waals surface area contributed by atoms with E-state index in [4.69, 9.17) is 31.5 Å². The van der Waals surface area contributed by atoms with Crippen LogP contribution in [0.5, 0.6) is 0 Å². The van der Waals surface area contributed by atoms with E-state index in [1.807, 2.05) is 13.8 Å². The van der Waals surface area contributed by atoms with Gasteiger partial charge in [-0.25, -0.2) is 4.98 Å². The van der Waals surface area contributed by atoms with Crippen molar-refractivity contribution in [2.24, 2.45) is 0 Å². The Morgan fingerprint density at radius 2 is 2.13 bits per heavy atom. The molecule has 3 aliphatic rings. The third-order valence-corrected chi connectivity index (χ3v) is 4.77. The SMILES string of the molecule is CC1(C)O[C@@H]2[C@H](n3cnc4c(N)nc(Cl)nc43)O[C@@H]3C(O)[C@]32O1. The van der Waals surface area contributed by atoms with Crippen LogP contribution in [-0.2, 0) is 14.2 Å². The number of aromatic nitrogens is 4. The second-order valence-corrected chi connectivity index (χ2v) is 6.83. The van der Waals surface area contributed by atoms with E-state index >= 15 is 0 Å². The molecule has 2 aromatic heterocycles. The number of nitrogens with two attached hydrogens (primary N) is 1. The third-order valence-electron chi connectivity index (χ3n) is 4.60. The van der Waals surface area contributed by atoms with E-state index in [0.29, 0.717) is 11.2 Å². The van der Waals surface area contributed by atoms with Gasteiger partial charge in [0.15, 0.2) is 29.1 Å². The van der Waals surface area contributed by atoms with Gasteiger partial charge in [0.25, 0.3) is 0 Å². The van der Waals surface area contributed by atoms with Crippen molar-refractivity contribution in [2.75, 3.05) is 5.73 Å². The van der Waals surface area contributed by atoms with Crippen molar-refractivity contribution in [1.82, 2.24) is 19.5 Å². The molecule has 1 spiro atoms. The van der Waals surface area contributed by atoms with Crippen molar-refractivity contribution in [3.63, 3.8) is 0 Å². The van der Waals surface area contributed by atoms with E-state index in [1.54, 1.807) is 10.9 Å². The standard InChI is InChI=1S/C13H14ClN5O4/c1-12(2)22-7-10(21-6-5(20)13(6,7)23-12)19-3-16-4-8(15)17-11(14)18-9(4)19/h3,5-7,10,20H,1-2H3,(H2,15,17,18)/t5?,6-,7-,10-,13+/m1/s1. The van der Waals surface area contributed by atoms with Crippen molar-refractivity contribution in [3.05, 3.63) is 11.6 Å². The molecule has 1 saturated carbocycles. The lowest BCUT2D eigenvalue weighted by Gasteiger charge is -2.23. The highest BCUT2D eigenvalue weighted by atomic mass is 35.5. The molecule has 3 fully saturated rings. The Labute approximate surface area is 135 Å². The number of hydrogen-bond acceptors (Lipinski definition) is 8. The first kappa shape index (κ1) is 13.9. The molecule has 5 atom stereocenters. The van der Waals surface area contributed by atoms with E-state index < -0.39 is 35.9 Å². The quantitative estimate of drug-likeness (QED) is 0.709. The Balaban J connectivity index is 1.62. The fourth-order valence-electron chi connectivity index (χ4n) is 3.68. The van der Waals surface area contributed by atoms with Crippen molar-refractivity contribution >= 4 is 28.6 Å². The minimum atomic E-state index is -0.840. The van der Waals surface area contributed by atoms with Crippen LogP contribution >= 0.6 is 11.6 Å². The predicted octanol–water partition coefficient (Wildman–Crippen LogP) is 0.224. The first-order valence-corrected chi connectivity index (χ1v) is 7.58. The average Bonchev–Trinajstić information content (AvgIpc) is 2.84. The van der Waals surface area contributed by atoms with Crippen LogP contribution in [0.25, 0.3) is 11.2 Å². The largest absolute Gasteiger partial charge is 0.387 e. The van der Waals surface area contributed by atoms with Crippen molar-refractivity contribution in [2.45, 2.75) is 49.8 Å². The van der Waals surface area contributed by atoms with Gasteiger partial charge in [-0.1, -0.05) is 0 Å². The van der Waals surface area contributed by atoms with Crippen LogP contribution in [-0.4, -0.2) is 54.3 Å². The minimum absolute atomic E-state index is 0.0265. The monoisotopic (exact) mass is 339 g/mol. The van der Waals surface area contributed by atoms with Crippen LogP contribution in [0.1, 0.15) is 20.1 Å². The van der Waals surface area contributed by atoms with Gasteiger partial charge in [0, 0.05) is 0 Å². The molecule has 23 heavy (non-hydrogen) atoms. The van der Waals surface area contributed by atoms with Gasteiger partial charge >= 0.3 is 0 Å². The topological polar surface area (TPSA) is 118 Å². The maximum absolute atomic E-state index is 10.1. The highest BCUT2D eigenvalue weighted by Crippen LogP contribution is 2.63. The summed E-state index contributed by atoms with van der Waals surface area (Å²) in [5, 5.41) is 10.2. The Morgan fingerprint density at radius 3 is 2.91 bits per heavy atom. The zero-order valence-corrected chi connectivity index (χ0v) is 13.1. The molecule has 5 rings (SSSR count). The van der Waals surface area contributed by atoms with Crippen LogP contribution in [0.3, 0.4) is 0 Å². The number of rotatable bonds is 1. The molecule has 1 unspecified atom stereocenters. The van der Waals surface area contributed by atoms with Gasteiger partial charge < -0.3 is 25.1 Å². The molecule has 0 amide bonds. The normalized spacial score (nSPS) is 40.3. The summed E-state index contributed by atoms with van der Waals surface area (Å²) in [4.78, 5) is 12.3. The number of ether oxygens (including phenoxy) is 3. The number of imidazole rings is 1. The van der Waals surface area contributed by atoms with Crippen molar-refractivity contribution < 1.29 is 19.3 Å². The minimum Gasteiger partial charge on any atom is -0.387 e. The van der Waals surface area contributed by atoms with Gasteiger partial charge in [0.1, 0.15) is 23.8 Å². The summed E-state index contributed by atoms with van der Waals surface area (Å²) >= 11 is 5.90. The Hall–Kier alpha value is -1.52. The summed E-state index contributed by atoms with van der Waals surface area (Å²) in [6.45, 7) is 3.62. The molecule has 3 N–H and O–H groups in total. The lowest BCUT2D eigenvalue weighted by atomic mass is 10.1. The van der Waals surface area contributed by atoms with E-state index in [9.17, 15) is 5.11 Å². The number of halogens is 1. The number of nitrogens with zero attached hydrogens (tertiary/aromatic N) is 4. The summed E-state index contributed by atoms with van der Waals surface area (Å²) in [6, 6.07) is 0. The number of aliphatic hydroxyl groups excluding tert-OH is 1. The number of nitrogen functional groups attached to an aromatic ring is 1. The average molecular weight is 340 g/mol. The fraction of sp³-hybridized carbons (Fsp3) is 0.615. The van der Waals surface area contributed by atoms with Gasteiger partial charge in [-0.3, -0.25) is 4.57 Å². The predicted molar refractivity (Wildman–Crippen MR) is 77.4 cm³/mol. The third kappa shape index (κ3) is 1.58. The molecule has 0 radical (unpaired) electrons. The van der Waals surface area contributed by atoms with Gasteiger partial charge in [-0.05, 0) is 25.4 Å². The highest BCUT2D eigenvalue weighted by Gasteiger charge is 2.83. The summed E-state index contributed by atoms with van der Waals surface area (Å²) in [6.07, 6.45) is -0.615. The fourth-order valence-corrected chi connectivity index (χ4v) is 3.85. The lowest BCUT2D eigenvalue weighted by molar-refractivity contribution is -0.183. The maximum Gasteiger partial charge on any atom is 0.226 e. The molecular weight excluding hydrogens is 326 g/mol. The molecular formula is C13H14ClN5O4. The zero-order chi connectivity index (χ0) is 16.1. The zero-order valence-electron chi connectivity index (χ0n) is 12.3. The number of hydrogen-bond donors (Lipinski definition) is 2. The van der Waals surface area contributed by atoms with Crippen LogP contribution in [0, 0.1) is 0 Å². The highest BCUT2D eigenvalue weighted by molar-refractivity contribution is 6.28. The Kier molecular flexibility index (Phi) is 2.37. The molecule has 0 aromatic carbocycles. The summed E-state index contributed by atoms with van der Waals surface area (Å²) in [5.74, 6) is -0.606. The molecule has 0 bridgehead atoms. The summed E-state index contributed by atoms with van der Waals surface area (Å²) in [5.41, 5.74) is 5.87. The molecule has 9 nitrogen and oxygen atoms in total. The molecule has 10 heteroatoms. The Bertz CT molecular complexity index is 841. The second-order valence-electron chi connectivity index (χ2n) is 6.49. The van der Waals surface area contributed by atoms with E-state index in [2.05, 4.69) is 15.0 Å². The Morgan fingerprint density at radius 1 is 1.35 bits per heavy atom. The van der Waals surface area contributed by atoms with Crippen molar-refractivity contribution in [1.29, 1.82) is 0 Å². The number of aliphatic hydroxyl groups is 1. The van der Waals surface area contributed by atoms with Crippen LogP contribution in [0.15, 0.2) is 6.33 Å². The van der Waals surface area contributed by atoms with Gasteiger partial charge in [0.05, 0.1) is 6.33 Å². The summed E-state index contributed by atoms with van der Waals surface area (Å²) < 4.78 is 19.5. The molecule has 1 aliphatic carbocycles. The smallest absolute Gasteiger partial charge is 0.226 e. The molecule has 122 valence electrons. The van der Waals surface area contributed by atoms with E-state index in [0.717, 1.165) is 0 Å². The van der Waals surface area contributed by atoms with E-state index in [-0.39, 0.29) is 11.1 Å². The van der Waals surface area contributed by atoms with Gasteiger partial charge in [0.2, 0.25) is 5.28 Å². The molecule has 2 aromatic rings. The first-order chi connectivity index (χ1) is 10.8. The van der Waals surface area contributed by atoms with Crippen molar-refractivity contribution in [3.8, 4) is 0 Å².